The van der Waals surface area contributed by atoms with Gasteiger partial charge in [-0.2, -0.15) is 13.2 Å². The summed E-state index contributed by atoms with van der Waals surface area (Å²) in [4.78, 5) is 18.1. The van der Waals surface area contributed by atoms with Gasteiger partial charge in [0, 0.05) is 6.07 Å². The van der Waals surface area contributed by atoms with Crippen molar-refractivity contribution >= 4 is 11.4 Å². The summed E-state index contributed by atoms with van der Waals surface area (Å²) in [5.41, 5.74) is -4.31. The third-order valence-electron chi connectivity index (χ3n) is 1.79. The topological polar surface area (TPSA) is 119 Å². The third-order valence-corrected chi connectivity index (χ3v) is 1.79. The van der Waals surface area contributed by atoms with Crippen molar-refractivity contribution < 1.29 is 28.1 Å². The lowest BCUT2D eigenvalue weighted by Gasteiger charge is -2.08. The summed E-state index contributed by atoms with van der Waals surface area (Å²) in [5, 5.41) is 32.4. The van der Waals surface area contributed by atoms with Crippen molar-refractivity contribution in [3.8, 4) is 5.75 Å². The Kier molecular flexibility index (Phi) is 5.85. The Morgan fingerprint density at radius 3 is 1.90 bits per heavy atom. The normalized spacial score (nSPS) is 10.4. The van der Waals surface area contributed by atoms with Crippen LogP contribution in [0.3, 0.4) is 0 Å². The number of phenols is 1. The average molecular weight is 297 g/mol. The number of aromatic hydroxyl groups is 1. The molecular weight excluding hydrogens is 287 g/mol. The number of nitrogens with one attached hydrogen (secondary N) is 1. The number of nitro benzene ring substituents is 2. The largest absolute Gasteiger partial charge is 0.502 e. The molecule has 112 valence electrons. The van der Waals surface area contributed by atoms with Gasteiger partial charge in [0.1, 0.15) is 5.56 Å². The molecule has 0 atom stereocenters. The lowest BCUT2D eigenvalue weighted by Crippen LogP contribution is -2.07. The summed E-state index contributed by atoms with van der Waals surface area (Å²) in [6, 6.07) is 0.285. The van der Waals surface area contributed by atoms with E-state index in [2.05, 4.69) is 5.32 Å². The maximum absolute atomic E-state index is 12.3. The van der Waals surface area contributed by atoms with E-state index in [0.717, 1.165) is 0 Å². The lowest BCUT2D eigenvalue weighted by molar-refractivity contribution is -0.395. The van der Waals surface area contributed by atoms with Crippen LogP contribution in [0.5, 0.6) is 5.75 Å². The Morgan fingerprint density at radius 1 is 1.15 bits per heavy atom. The van der Waals surface area contributed by atoms with E-state index >= 15 is 0 Å². The van der Waals surface area contributed by atoms with Crippen LogP contribution in [0.15, 0.2) is 12.1 Å². The predicted molar refractivity (Wildman–Crippen MR) is 61.4 cm³/mol. The zero-order chi connectivity index (χ0) is 16.1. The molecule has 0 aliphatic heterocycles. The van der Waals surface area contributed by atoms with E-state index in [0.29, 0.717) is 0 Å². The highest BCUT2D eigenvalue weighted by Crippen LogP contribution is 2.43. The smallest absolute Gasteiger partial charge is 0.420 e. The van der Waals surface area contributed by atoms with Crippen LogP contribution in [0.25, 0.3) is 0 Å². The first-order valence-corrected chi connectivity index (χ1v) is 4.87. The lowest BCUT2D eigenvalue weighted by atomic mass is 10.1. The van der Waals surface area contributed by atoms with E-state index in [1.54, 1.807) is 0 Å². The Hall–Kier alpha value is -2.43. The van der Waals surface area contributed by atoms with Crippen LogP contribution in [0.1, 0.15) is 5.56 Å². The monoisotopic (exact) mass is 297 g/mol. The quantitative estimate of drug-likeness (QED) is 0.637. The van der Waals surface area contributed by atoms with Gasteiger partial charge < -0.3 is 10.4 Å². The zero-order valence-corrected chi connectivity index (χ0v) is 10.3. The Labute approximate surface area is 110 Å². The first-order valence-electron chi connectivity index (χ1n) is 4.87. The van der Waals surface area contributed by atoms with Gasteiger partial charge in [0.15, 0.2) is 0 Å². The second-order valence-electron chi connectivity index (χ2n) is 3.37. The number of hydrogen-bond donors (Lipinski definition) is 2. The van der Waals surface area contributed by atoms with Gasteiger partial charge >= 0.3 is 11.9 Å². The highest BCUT2D eigenvalue weighted by atomic mass is 19.4. The standard InChI is InChI=1S/C7H3F3N2O5.C2H7N/c8-7(9,10)4-1-3(11(14)15)2-5(6(4)13)12(16)17;1-3-2/h1-2,13H;3H,1-2H3. The molecule has 8 nitrogen and oxygen atoms in total. The average Bonchev–Trinajstić information content (AvgIpc) is 2.27. The number of hydrogen-bond acceptors (Lipinski definition) is 6. The Balaban J connectivity index is 0.00000110. The molecule has 0 saturated carbocycles. The number of benzene rings is 1. The fraction of sp³-hybridized carbons (Fsp3) is 0.333. The van der Waals surface area contributed by atoms with E-state index in [1.165, 1.54) is 0 Å². The molecule has 1 aromatic carbocycles. The minimum atomic E-state index is -5.12. The number of non-ortho nitro benzene ring substituents is 1. The van der Waals surface area contributed by atoms with Crippen LogP contribution >= 0.6 is 0 Å². The van der Waals surface area contributed by atoms with Gasteiger partial charge in [-0.15, -0.1) is 0 Å². The van der Waals surface area contributed by atoms with Crippen LogP contribution < -0.4 is 5.32 Å². The molecule has 11 heteroatoms. The minimum absolute atomic E-state index is 0.0301. The van der Waals surface area contributed by atoms with Gasteiger partial charge in [-0.1, -0.05) is 0 Å². The molecule has 0 saturated heterocycles. The first-order chi connectivity index (χ1) is 9.06. The summed E-state index contributed by atoms with van der Waals surface area (Å²) in [6.07, 6.45) is -5.12. The molecule has 0 fully saturated rings. The molecule has 0 spiro atoms. The third kappa shape index (κ3) is 4.35. The molecule has 0 radical (unpaired) electrons. The molecule has 0 aliphatic rings. The Bertz CT molecular complexity index is 518. The molecule has 0 unspecified atom stereocenters. The fourth-order valence-corrected chi connectivity index (χ4v) is 1.06. The number of rotatable bonds is 2. The highest BCUT2D eigenvalue weighted by molar-refractivity contribution is 5.58. The van der Waals surface area contributed by atoms with Crippen LogP contribution in [0.2, 0.25) is 0 Å². The second-order valence-corrected chi connectivity index (χ2v) is 3.37. The van der Waals surface area contributed by atoms with E-state index < -0.39 is 38.7 Å². The van der Waals surface area contributed by atoms with E-state index in [-0.39, 0.29) is 12.1 Å². The van der Waals surface area contributed by atoms with Crippen LogP contribution in [0.4, 0.5) is 24.5 Å². The summed E-state index contributed by atoms with van der Waals surface area (Å²) in [6.45, 7) is 0. The van der Waals surface area contributed by atoms with Crippen molar-refractivity contribution in [3.63, 3.8) is 0 Å². The fourth-order valence-electron chi connectivity index (χ4n) is 1.06. The van der Waals surface area contributed by atoms with Crippen molar-refractivity contribution in [2.45, 2.75) is 6.18 Å². The first kappa shape index (κ1) is 17.6. The molecule has 0 bridgehead atoms. The van der Waals surface area contributed by atoms with E-state index in [4.69, 9.17) is 5.11 Å². The molecule has 0 aliphatic carbocycles. The van der Waals surface area contributed by atoms with E-state index in [9.17, 15) is 33.4 Å². The number of phenolic OH excluding ortho intramolecular Hbond substituents is 1. The number of nitro groups is 2. The van der Waals surface area contributed by atoms with Gasteiger partial charge in [0.2, 0.25) is 5.75 Å². The minimum Gasteiger partial charge on any atom is -0.502 e. The molecule has 0 heterocycles. The molecular formula is C9H10F3N3O5. The molecule has 1 aromatic rings. The molecule has 2 N–H and O–H groups in total. The predicted octanol–water partition coefficient (Wildman–Crippen LogP) is 2.06. The van der Waals surface area contributed by atoms with Crippen molar-refractivity contribution in [3.05, 3.63) is 37.9 Å². The van der Waals surface area contributed by atoms with Crippen LogP contribution in [-0.2, 0) is 6.18 Å². The molecule has 1 rings (SSSR count). The number of alkyl halides is 3. The molecule has 0 amide bonds. The van der Waals surface area contributed by atoms with Crippen molar-refractivity contribution in [1.82, 2.24) is 5.32 Å². The summed E-state index contributed by atoms with van der Waals surface area (Å²) >= 11 is 0. The van der Waals surface area contributed by atoms with Gasteiger partial charge in [0.25, 0.3) is 5.69 Å². The second kappa shape index (κ2) is 6.65. The summed E-state index contributed by atoms with van der Waals surface area (Å²) in [5.74, 6) is -1.65. The SMILES string of the molecule is CNC.O=[N+]([O-])c1cc([N+](=O)[O-])c(O)c(C(F)(F)F)c1. The van der Waals surface area contributed by atoms with E-state index in [1.807, 2.05) is 14.1 Å². The van der Waals surface area contributed by atoms with Gasteiger partial charge in [-0.3, -0.25) is 20.2 Å². The van der Waals surface area contributed by atoms with Gasteiger partial charge in [-0.05, 0) is 14.1 Å². The van der Waals surface area contributed by atoms with Crippen LogP contribution in [0, 0.1) is 20.2 Å². The van der Waals surface area contributed by atoms with Crippen molar-refractivity contribution in [2.75, 3.05) is 14.1 Å². The van der Waals surface area contributed by atoms with Gasteiger partial charge in [-0.25, -0.2) is 0 Å². The highest BCUT2D eigenvalue weighted by Gasteiger charge is 2.39. The number of nitrogens with zero attached hydrogens (tertiary/aromatic N) is 2. The van der Waals surface area contributed by atoms with Crippen molar-refractivity contribution in [2.24, 2.45) is 0 Å². The zero-order valence-electron chi connectivity index (χ0n) is 10.3. The summed E-state index contributed by atoms with van der Waals surface area (Å²) < 4.78 is 37.0. The van der Waals surface area contributed by atoms with Crippen molar-refractivity contribution in [1.29, 1.82) is 0 Å². The number of halogens is 3. The molecule has 20 heavy (non-hydrogen) atoms. The maximum atomic E-state index is 12.3. The molecule has 0 aromatic heterocycles. The summed E-state index contributed by atoms with van der Waals surface area (Å²) in [7, 11) is 3.75. The Morgan fingerprint density at radius 2 is 1.60 bits per heavy atom. The maximum Gasteiger partial charge on any atom is 0.420 e. The van der Waals surface area contributed by atoms with Gasteiger partial charge in [0.05, 0.1) is 15.9 Å². The van der Waals surface area contributed by atoms with Crippen LogP contribution in [-0.4, -0.2) is 29.0 Å².